The number of carbonyl (C=O) groups excluding carboxylic acids is 1. The standard InChI is InChI=1S/C41H52NO7PS/c1-46-38-32-34(33-39(47-2)41(38)48-3)28-29-40(43)42-30-20-9-7-5-6-8-10-21-31-50(49-51(4,44)45,35-22-14-11-15-23-35,36-24-16-12-17-25-36)37-26-18-13-19-27-37/h11-19,22-29,32-33H,5-10,20-21,30-31H2,1-4H3,(H,42,43)/b29-28+. The molecular weight excluding hydrogens is 681 g/mol. The number of hydrogen-bond donors (Lipinski definition) is 1. The summed E-state index contributed by atoms with van der Waals surface area (Å²) in [5.41, 5.74) is 0.769. The van der Waals surface area contributed by atoms with Gasteiger partial charge in [-0.25, -0.2) is 0 Å². The van der Waals surface area contributed by atoms with Crippen molar-refractivity contribution in [2.24, 2.45) is 0 Å². The smallest absolute Gasteiger partial charge is 0.203 e. The molecule has 0 saturated heterocycles. The number of hydrogen-bond acceptors (Lipinski definition) is 7. The SMILES string of the molecule is COc1cc(/C=C/C(=O)NCCCCCCCCCCP(OS(C)(=O)=O)(c2ccccc2)(c2ccccc2)c2ccccc2)cc(OC)c1OC. The van der Waals surface area contributed by atoms with Crippen molar-refractivity contribution in [3.63, 3.8) is 0 Å². The van der Waals surface area contributed by atoms with Crippen molar-refractivity contribution < 1.29 is 31.4 Å². The van der Waals surface area contributed by atoms with Crippen LogP contribution in [0, 0.1) is 0 Å². The van der Waals surface area contributed by atoms with Crippen molar-refractivity contribution in [2.75, 3.05) is 40.3 Å². The van der Waals surface area contributed by atoms with Crippen LogP contribution in [0.5, 0.6) is 17.2 Å². The Bertz CT molecular complexity index is 1690. The Morgan fingerprint density at radius 3 is 1.49 bits per heavy atom. The predicted molar refractivity (Wildman–Crippen MR) is 211 cm³/mol. The number of carbonyl (C=O) groups is 1. The van der Waals surface area contributed by atoms with Gasteiger partial charge in [0.05, 0.1) is 21.3 Å². The molecule has 0 spiro atoms. The molecule has 1 amide bonds. The maximum absolute atomic E-state index is 13.2. The van der Waals surface area contributed by atoms with Crippen LogP contribution >= 0.6 is 6.83 Å². The summed E-state index contributed by atoms with van der Waals surface area (Å²) in [4.78, 5) is 12.4. The molecule has 4 aromatic rings. The Balaban J connectivity index is 1.29. The van der Waals surface area contributed by atoms with Crippen LogP contribution in [0.25, 0.3) is 6.08 Å². The number of methoxy groups -OCH3 is 3. The zero-order valence-electron chi connectivity index (χ0n) is 30.3. The molecule has 4 aromatic carbocycles. The first-order valence-corrected chi connectivity index (χ1v) is 21.7. The number of benzene rings is 4. The summed E-state index contributed by atoms with van der Waals surface area (Å²) in [5.74, 6) is 1.42. The van der Waals surface area contributed by atoms with Gasteiger partial charge in [-0.2, -0.15) is 0 Å². The third-order valence-corrected chi connectivity index (χ3v) is 16.9. The van der Waals surface area contributed by atoms with Gasteiger partial charge in [-0.1, -0.05) is 0 Å². The van der Waals surface area contributed by atoms with E-state index >= 15 is 0 Å². The number of ether oxygens (including phenoxy) is 3. The van der Waals surface area contributed by atoms with Crippen molar-refractivity contribution in [1.29, 1.82) is 0 Å². The summed E-state index contributed by atoms with van der Waals surface area (Å²) in [6.45, 7) is -3.30. The first-order valence-electron chi connectivity index (χ1n) is 17.5. The Kier molecular flexibility index (Phi) is 14.7. The Morgan fingerprint density at radius 1 is 0.647 bits per heavy atom. The largest absolute Gasteiger partial charge is 0.493 e. The first kappa shape index (κ1) is 39.6. The summed E-state index contributed by atoms with van der Waals surface area (Å²) in [6, 6.07) is 33.4. The van der Waals surface area contributed by atoms with E-state index in [1.165, 1.54) is 12.3 Å². The van der Waals surface area contributed by atoms with Crippen LogP contribution in [0.3, 0.4) is 0 Å². The van der Waals surface area contributed by atoms with E-state index in [2.05, 4.69) is 5.32 Å². The van der Waals surface area contributed by atoms with Crippen LogP contribution in [-0.2, 0) is 18.9 Å². The molecule has 0 aliphatic rings. The molecular formula is C41H52NO7PS. The van der Waals surface area contributed by atoms with Gasteiger partial charge in [-0.05, 0) is 23.8 Å². The van der Waals surface area contributed by atoms with E-state index in [1.54, 1.807) is 39.5 Å². The maximum Gasteiger partial charge on any atom is 0.203 e. The fourth-order valence-electron chi connectivity index (χ4n) is 6.77. The summed E-state index contributed by atoms with van der Waals surface area (Å²) in [6.07, 6.45) is 13.1. The number of rotatable bonds is 21. The molecule has 0 saturated carbocycles. The van der Waals surface area contributed by atoms with Crippen LogP contribution in [0.2, 0.25) is 0 Å². The molecule has 0 radical (unpaired) electrons. The molecule has 0 aliphatic carbocycles. The second-order valence-electron chi connectivity index (χ2n) is 12.6. The Labute approximate surface area is 304 Å². The van der Waals surface area contributed by atoms with Crippen molar-refractivity contribution in [2.45, 2.75) is 51.4 Å². The van der Waals surface area contributed by atoms with Gasteiger partial charge < -0.3 is 14.2 Å². The van der Waals surface area contributed by atoms with Crippen molar-refractivity contribution in [1.82, 2.24) is 5.32 Å². The van der Waals surface area contributed by atoms with Gasteiger partial charge in [0, 0.05) is 6.08 Å². The van der Waals surface area contributed by atoms with E-state index in [0.29, 0.717) is 30.0 Å². The zero-order valence-corrected chi connectivity index (χ0v) is 32.0. The summed E-state index contributed by atoms with van der Waals surface area (Å²) in [5, 5.41) is 5.70. The van der Waals surface area contributed by atoms with E-state index < -0.39 is 16.9 Å². The molecule has 1 N–H and O–H groups in total. The second-order valence-corrected chi connectivity index (χ2v) is 19.1. The van der Waals surface area contributed by atoms with Crippen LogP contribution in [0.15, 0.2) is 109 Å². The maximum atomic E-state index is 13.2. The fraction of sp³-hybridized carbons (Fsp3) is 0.341. The fourth-order valence-corrected chi connectivity index (χ4v) is 15.4. The summed E-state index contributed by atoms with van der Waals surface area (Å²) >= 11 is 0. The van der Waals surface area contributed by atoms with Gasteiger partial charge in [-0.15, -0.1) is 0 Å². The third kappa shape index (κ3) is 10.0. The molecule has 4 rings (SSSR count). The molecule has 0 fully saturated rings. The average molecular weight is 734 g/mol. The van der Waals surface area contributed by atoms with Gasteiger partial charge in [0.15, 0.2) is 11.5 Å². The second kappa shape index (κ2) is 18.9. The molecule has 274 valence electrons. The van der Waals surface area contributed by atoms with Crippen molar-refractivity contribution >= 4 is 44.8 Å². The summed E-state index contributed by atoms with van der Waals surface area (Å²) in [7, 11) is 0.806. The molecule has 0 unspecified atom stereocenters. The van der Waals surface area contributed by atoms with E-state index in [4.69, 9.17) is 18.2 Å². The Hall–Kier alpha value is -4.17. The van der Waals surface area contributed by atoms with Crippen LogP contribution in [0.1, 0.15) is 56.9 Å². The quantitative estimate of drug-likeness (QED) is 0.0542. The molecule has 0 bridgehead atoms. The molecule has 0 aliphatic heterocycles. The number of unbranched alkanes of at least 4 members (excludes halogenated alkanes) is 7. The molecule has 0 aromatic heterocycles. The Morgan fingerprint density at radius 2 is 1.08 bits per heavy atom. The first-order chi connectivity index (χ1) is 24.7. The number of amides is 1. The van der Waals surface area contributed by atoms with Gasteiger partial charge in [0.2, 0.25) is 5.75 Å². The van der Waals surface area contributed by atoms with Crippen LogP contribution in [0.4, 0.5) is 0 Å². The zero-order chi connectivity index (χ0) is 36.6. The van der Waals surface area contributed by atoms with E-state index in [1.807, 2.05) is 91.0 Å². The molecule has 51 heavy (non-hydrogen) atoms. The van der Waals surface area contributed by atoms with Gasteiger partial charge in [0.1, 0.15) is 0 Å². The average Bonchev–Trinajstić information content (AvgIpc) is 3.15. The minimum atomic E-state index is -3.92. The van der Waals surface area contributed by atoms with Gasteiger partial charge in [0.25, 0.3) is 0 Å². The normalized spacial score (nSPS) is 12.6. The summed E-state index contributed by atoms with van der Waals surface area (Å²) < 4.78 is 49.2. The van der Waals surface area contributed by atoms with Crippen LogP contribution < -0.4 is 35.4 Å². The van der Waals surface area contributed by atoms with Gasteiger partial charge in [-0.3, -0.25) is 4.79 Å². The molecule has 10 heteroatoms. The third-order valence-electron chi connectivity index (χ3n) is 9.13. The monoisotopic (exact) mass is 733 g/mol. The minimum Gasteiger partial charge on any atom is -0.493 e. The van der Waals surface area contributed by atoms with E-state index in [0.717, 1.165) is 72.8 Å². The molecule has 0 heterocycles. The van der Waals surface area contributed by atoms with Gasteiger partial charge >= 0.3 is 218 Å². The minimum absolute atomic E-state index is 0.151. The van der Waals surface area contributed by atoms with Crippen molar-refractivity contribution in [3.8, 4) is 17.2 Å². The molecule has 8 nitrogen and oxygen atoms in total. The topological polar surface area (TPSA) is 100 Å². The van der Waals surface area contributed by atoms with Crippen LogP contribution in [-0.4, -0.2) is 54.6 Å². The van der Waals surface area contributed by atoms with E-state index in [9.17, 15) is 13.2 Å². The molecule has 0 atom stereocenters. The predicted octanol–water partition coefficient (Wildman–Crippen LogP) is 7.38. The van der Waals surface area contributed by atoms with E-state index in [-0.39, 0.29) is 5.91 Å². The number of nitrogens with one attached hydrogen (secondary N) is 1. The van der Waals surface area contributed by atoms with Crippen molar-refractivity contribution in [3.05, 3.63) is 115 Å².